The first-order valence-corrected chi connectivity index (χ1v) is 31.6. The minimum absolute atomic E-state index is 0.0206. The summed E-state index contributed by atoms with van der Waals surface area (Å²) in [4.78, 5) is 29.9. The number of Topliss-reactive ketones (excluding diaryl/α,β-unsaturated/α-hetero) is 2. The van der Waals surface area contributed by atoms with Gasteiger partial charge >= 0.3 is 408 Å². The second-order valence-electron chi connectivity index (χ2n) is 19.6. The van der Waals surface area contributed by atoms with Crippen molar-refractivity contribution in [2.45, 2.75) is 169 Å². The van der Waals surface area contributed by atoms with Gasteiger partial charge in [0.25, 0.3) is 0 Å². The van der Waals surface area contributed by atoms with Crippen LogP contribution in [-0.4, -0.2) is 68.2 Å². The van der Waals surface area contributed by atoms with Gasteiger partial charge in [-0.15, -0.1) is 0 Å². The Labute approximate surface area is 406 Å². The number of hydrogen-bond donors (Lipinski definition) is 0. The topological polar surface area (TPSA) is 61.8 Å². The summed E-state index contributed by atoms with van der Waals surface area (Å²) in [5.41, 5.74) is -2.02. The van der Waals surface area contributed by atoms with Gasteiger partial charge in [0.15, 0.2) is 0 Å². The third kappa shape index (κ3) is 18.4. The number of unbranched alkanes of at least 4 members (excludes halogenated alkanes) is 12. The third-order valence-electron chi connectivity index (χ3n) is 13.8. The molecular formula is C54H83BF6O5P2. The van der Waals surface area contributed by atoms with Gasteiger partial charge in [0.1, 0.15) is 0 Å². The Morgan fingerprint density at radius 1 is 0.441 bits per heavy atom. The van der Waals surface area contributed by atoms with E-state index < -0.39 is 50.2 Å². The van der Waals surface area contributed by atoms with Crippen molar-refractivity contribution < 1.29 is 49.5 Å². The molecule has 68 heavy (non-hydrogen) atoms. The number of halogens is 6. The van der Waals surface area contributed by atoms with Gasteiger partial charge < -0.3 is 0 Å². The first-order valence-electron chi connectivity index (χ1n) is 25.9. The van der Waals surface area contributed by atoms with E-state index in [0.717, 1.165) is 77.0 Å². The molecule has 384 valence electrons. The van der Waals surface area contributed by atoms with Crippen LogP contribution in [0.25, 0.3) is 0 Å². The molecule has 0 N–H and O–H groups in total. The zero-order valence-electron chi connectivity index (χ0n) is 42.2. The summed E-state index contributed by atoms with van der Waals surface area (Å²) in [6, 6.07) is 19.3. The summed E-state index contributed by atoms with van der Waals surface area (Å²) in [7, 11) is -1.82. The van der Waals surface area contributed by atoms with Gasteiger partial charge in [-0.3, -0.25) is 0 Å². The van der Waals surface area contributed by atoms with E-state index in [1.807, 2.05) is 36.4 Å². The van der Waals surface area contributed by atoms with Crippen LogP contribution in [0.5, 0.6) is 5.75 Å². The SMILES string of the molecule is CCCCCP(CCCCC)(CCCCC)(CC(=O)c1ccccc1)OB(Oc1cc(C(F)(F)F)cc(C(F)(F)F)c1)OP(CCCCC)(CCCCC)(CCCCC)CC(=O)c1ccccc1. The number of benzene rings is 3. The van der Waals surface area contributed by atoms with Gasteiger partial charge in [-0.1, -0.05) is 0 Å². The van der Waals surface area contributed by atoms with Gasteiger partial charge in [-0.25, -0.2) is 0 Å². The summed E-state index contributed by atoms with van der Waals surface area (Å²) >= 11 is 0. The average molecular weight is 999 g/mol. The Kier molecular flexibility index (Phi) is 24.8. The van der Waals surface area contributed by atoms with Crippen LogP contribution < -0.4 is 4.65 Å². The fraction of sp³-hybridized carbons (Fsp3) is 0.630. The number of ketones is 2. The van der Waals surface area contributed by atoms with Crippen LogP contribution in [0.1, 0.15) is 189 Å². The minimum atomic E-state index is -5.14. The van der Waals surface area contributed by atoms with E-state index in [2.05, 4.69) is 41.5 Å². The van der Waals surface area contributed by atoms with Gasteiger partial charge in [-0.05, 0) is 0 Å². The molecule has 0 aliphatic carbocycles. The second-order valence-corrected chi connectivity index (χ2v) is 30.7. The van der Waals surface area contributed by atoms with Crippen molar-refractivity contribution in [1.29, 1.82) is 0 Å². The van der Waals surface area contributed by atoms with E-state index in [9.17, 15) is 35.9 Å². The Bertz CT molecular complexity index is 1740. The van der Waals surface area contributed by atoms with Crippen molar-refractivity contribution in [3.63, 3.8) is 0 Å². The molecule has 0 bridgehead atoms. The average Bonchev–Trinajstić information content (AvgIpc) is 3.29. The summed E-state index contributed by atoms with van der Waals surface area (Å²) in [6.45, 7) is 4.53. The normalized spacial score (nSPS) is 13.6. The van der Waals surface area contributed by atoms with E-state index >= 15 is 0 Å². The molecule has 0 aromatic heterocycles. The van der Waals surface area contributed by atoms with Crippen molar-refractivity contribution in [2.24, 2.45) is 0 Å². The quantitative estimate of drug-likeness (QED) is 0.0191. The van der Waals surface area contributed by atoms with Crippen LogP contribution in [-0.2, 0) is 21.2 Å². The fourth-order valence-electron chi connectivity index (χ4n) is 9.92. The maximum atomic E-state index is 15.0. The van der Waals surface area contributed by atoms with Crippen LogP contribution in [0.15, 0.2) is 78.9 Å². The Hall–Kier alpha value is -2.78. The van der Waals surface area contributed by atoms with E-state index in [-0.39, 0.29) is 30.0 Å². The number of carbonyl (C=O) groups is 2. The number of carbonyl (C=O) groups excluding carboxylic acids is 2. The van der Waals surface area contributed by atoms with E-state index in [4.69, 9.17) is 13.5 Å². The number of rotatable bonds is 36. The molecule has 0 atom stereocenters. The second kappa shape index (κ2) is 28.3. The van der Waals surface area contributed by atoms with Gasteiger partial charge in [-0.2, -0.15) is 0 Å². The monoisotopic (exact) mass is 999 g/mol. The predicted molar refractivity (Wildman–Crippen MR) is 276 cm³/mol. The number of hydrogen-bond acceptors (Lipinski definition) is 5. The van der Waals surface area contributed by atoms with Crippen molar-refractivity contribution in [1.82, 2.24) is 0 Å². The van der Waals surface area contributed by atoms with Crippen molar-refractivity contribution >= 4 is 32.5 Å². The molecule has 0 saturated carbocycles. The van der Waals surface area contributed by atoms with Crippen LogP contribution in [0.4, 0.5) is 26.3 Å². The van der Waals surface area contributed by atoms with Crippen LogP contribution >= 0.6 is 13.7 Å². The van der Waals surface area contributed by atoms with Crippen molar-refractivity contribution in [3.05, 3.63) is 101 Å². The number of alkyl halides is 6. The van der Waals surface area contributed by atoms with E-state index in [0.29, 0.717) is 98.8 Å². The van der Waals surface area contributed by atoms with Crippen molar-refractivity contribution in [2.75, 3.05) is 49.3 Å². The van der Waals surface area contributed by atoms with Gasteiger partial charge in [0.2, 0.25) is 0 Å². The fourth-order valence-corrected chi connectivity index (χ4v) is 22.2. The van der Waals surface area contributed by atoms with Crippen LogP contribution in [0, 0.1) is 0 Å². The Morgan fingerprint density at radius 2 is 0.721 bits per heavy atom. The molecule has 3 rings (SSSR count). The first-order chi connectivity index (χ1) is 32.3. The Balaban J connectivity index is 2.62. The third-order valence-corrected chi connectivity index (χ3v) is 26.2. The molecule has 0 spiro atoms. The molecule has 3 aromatic carbocycles. The Morgan fingerprint density at radius 3 is 0.971 bits per heavy atom. The molecule has 0 heterocycles. The molecule has 0 fully saturated rings. The first kappa shape index (κ1) is 59.5. The molecular weight excluding hydrogens is 915 g/mol. The summed E-state index contributed by atoms with van der Waals surface area (Å²) in [5, 5.41) is 0. The van der Waals surface area contributed by atoms with E-state index in [1.54, 1.807) is 24.3 Å². The molecule has 0 unspecified atom stereocenters. The molecule has 5 nitrogen and oxygen atoms in total. The molecule has 0 amide bonds. The molecule has 0 radical (unpaired) electrons. The van der Waals surface area contributed by atoms with Gasteiger partial charge in [0.05, 0.1) is 0 Å². The maximum absolute atomic E-state index is 15.0. The molecule has 0 aliphatic rings. The zero-order chi connectivity index (χ0) is 50.2. The zero-order valence-corrected chi connectivity index (χ0v) is 44.0. The summed E-state index contributed by atoms with van der Waals surface area (Å²) in [6.07, 6.45) is 7.16. The van der Waals surface area contributed by atoms with E-state index in [1.165, 1.54) is 0 Å². The van der Waals surface area contributed by atoms with Crippen molar-refractivity contribution in [3.8, 4) is 5.75 Å². The summed E-state index contributed by atoms with van der Waals surface area (Å²) < 4.78 is 110. The van der Waals surface area contributed by atoms with Crippen LogP contribution in [0.2, 0.25) is 0 Å². The molecule has 14 heteroatoms. The predicted octanol–water partition coefficient (Wildman–Crippen LogP) is 18.0. The van der Waals surface area contributed by atoms with Gasteiger partial charge in [0, 0.05) is 0 Å². The molecule has 3 aromatic rings. The van der Waals surface area contributed by atoms with Crippen LogP contribution in [0.3, 0.4) is 0 Å². The molecule has 0 saturated heterocycles. The standard InChI is InChI=1S/C54H83BF6O5P2/c1-7-13-25-35-67(36-26-14-8-2,37-27-15-9-3,44-51(62)46-31-21-19-22-32-46)65-55(64-50-42-48(53(56,57)58)41-49(43-50)54(59,60)61)66-68(38-28-16-10-4,39-29-17-11-5,40-30-18-12-6)45-52(63)47-33-23-20-24-34-47/h19-24,31-34,41-43H,7-18,25-30,35-40,44-45H2,1-6H3. The summed E-state index contributed by atoms with van der Waals surface area (Å²) in [5.74, 6) is -0.952. The molecule has 0 aliphatic heterocycles.